The molecule has 8 nitrogen and oxygen atoms in total. The van der Waals surface area contributed by atoms with E-state index in [1.807, 2.05) is 60.7 Å². The van der Waals surface area contributed by atoms with Gasteiger partial charge in [0.1, 0.15) is 23.0 Å². The number of para-hydroxylation sites is 4. The number of fused-ring (bicyclic) bond motifs is 6. The van der Waals surface area contributed by atoms with Crippen LogP contribution in [-0.2, 0) is 74.5 Å². The molecule has 6 aromatic carbocycles. The van der Waals surface area contributed by atoms with E-state index in [2.05, 4.69) is 0 Å². The van der Waals surface area contributed by atoms with E-state index in [1.165, 1.54) is 12.1 Å². The summed E-state index contributed by atoms with van der Waals surface area (Å²) in [5, 5.41) is 21.2. The maximum atomic E-state index is 13.8. The summed E-state index contributed by atoms with van der Waals surface area (Å²) in [5.74, 6) is -1.49. The van der Waals surface area contributed by atoms with Gasteiger partial charge in [-0.2, -0.15) is 0 Å². The summed E-state index contributed by atoms with van der Waals surface area (Å²) in [6.07, 6.45) is 0. The van der Waals surface area contributed by atoms with E-state index in [1.54, 1.807) is 72.8 Å². The van der Waals surface area contributed by atoms with Gasteiger partial charge in [0, 0.05) is 76.5 Å². The first-order chi connectivity index (χ1) is 23.2. The molecular weight excluding hydrogens is 832 g/mol. The Morgan fingerprint density at radius 2 is 0.745 bits per heavy atom. The van der Waals surface area contributed by atoms with Crippen LogP contribution in [0, 0.1) is 7.43 Å². The molecule has 0 aromatic heterocycles. The minimum Gasteiger partial charge on any atom is -0.661 e. The topological polar surface area (TPSA) is 141 Å². The average molecular weight is 865 g/mol. The number of hydrogen-bond donors (Lipinski definition) is 2. The van der Waals surface area contributed by atoms with Crippen molar-refractivity contribution in [3.8, 4) is 45.3 Å². The molecule has 0 aliphatic carbocycles. The Hall–Kier alpha value is -2.89. The Bertz CT molecular complexity index is 2110. The van der Waals surface area contributed by atoms with Crippen molar-refractivity contribution >= 4 is 25.3 Å². The van der Waals surface area contributed by atoms with Crippen LogP contribution < -0.4 is 19.7 Å². The van der Waals surface area contributed by atoms with E-state index in [0.717, 1.165) is 22.3 Å². The second-order valence-electron chi connectivity index (χ2n) is 11.3. The van der Waals surface area contributed by atoms with Crippen LogP contribution in [0.5, 0.6) is 23.0 Å². The largest absolute Gasteiger partial charge is 0.661 e. The smallest absolute Gasteiger partial charge is 0.265 e. The van der Waals surface area contributed by atoms with Gasteiger partial charge < -0.3 is 38.2 Å². The summed E-state index contributed by atoms with van der Waals surface area (Å²) in [6, 6.07) is 42.4. The molecule has 254 valence electrons. The Kier molecular flexibility index (Phi) is 13.5. The van der Waals surface area contributed by atoms with Gasteiger partial charge in [-0.05, 0) is 70.2 Å². The van der Waals surface area contributed by atoms with E-state index in [4.69, 9.17) is 20.5 Å². The van der Waals surface area contributed by atoms with Crippen molar-refractivity contribution in [2.45, 2.75) is 11.6 Å². The van der Waals surface area contributed by atoms with Gasteiger partial charge in [0.15, 0.2) is 0 Å². The number of nitrogens with one attached hydrogen (secondary N) is 2. The van der Waals surface area contributed by atoms with Crippen molar-refractivity contribution < 1.29 is 93.8 Å². The fourth-order valence-electron chi connectivity index (χ4n) is 6.06. The summed E-state index contributed by atoms with van der Waals surface area (Å²) in [7, 11) is -7.14. The van der Waals surface area contributed by atoms with Gasteiger partial charge >= 0.3 is 0 Å². The first kappa shape index (κ1) is 40.9. The molecule has 6 aromatic rings. The van der Waals surface area contributed by atoms with Gasteiger partial charge in [0.05, 0.1) is 10.6 Å². The molecule has 0 spiro atoms. The van der Waals surface area contributed by atoms with Crippen molar-refractivity contribution in [3.05, 3.63) is 176 Å². The van der Waals surface area contributed by atoms with Crippen molar-refractivity contribution in [1.29, 1.82) is 0 Å². The van der Waals surface area contributed by atoms with Gasteiger partial charge in [-0.25, -0.2) is 0 Å². The molecule has 51 heavy (non-hydrogen) atoms. The summed E-state index contributed by atoms with van der Waals surface area (Å²) in [6.45, 7) is 0. The van der Waals surface area contributed by atoms with Crippen LogP contribution >= 0.6 is 14.7 Å². The maximum Gasteiger partial charge on any atom is 0.265 e. The van der Waals surface area contributed by atoms with E-state index in [9.17, 15) is 19.3 Å². The van der Waals surface area contributed by atoms with Crippen LogP contribution in [0.1, 0.15) is 22.7 Å². The molecule has 0 bridgehead atoms. The third kappa shape index (κ3) is 7.49. The molecule has 2 aliphatic heterocycles. The second kappa shape index (κ2) is 16.8. The number of benzene rings is 6. The van der Waals surface area contributed by atoms with Crippen LogP contribution in [-0.4, -0.2) is 10.2 Å². The zero-order chi connectivity index (χ0) is 33.5. The molecule has 4 N–H and O–H groups in total. The zero-order valence-electron chi connectivity index (χ0n) is 27.6. The van der Waals surface area contributed by atoms with E-state index >= 15 is 0 Å². The molecule has 0 saturated heterocycles. The quantitative estimate of drug-likeness (QED) is 0.134. The fourth-order valence-corrected chi connectivity index (χ4v) is 10.7. The van der Waals surface area contributed by atoms with Gasteiger partial charge in [-0.3, -0.25) is 9.13 Å². The predicted molar refractivity (Wildman–Crippen MR) is 196 cm³/mol. The van der Waals surface area contributed by atoms with Crippen LogP contribution in [0.3, 0.4) is 0 Å². The number of aromatic hydroxyl groups is 2. The normalized spacial score (nSPS) is 18.5. The summed E-state index contributed by atoms with van der Waals surface area (Å²) >= 11 is 0. The molecule has 4 atom stereocenters. The fraction of sp³-hybridized carbons (Fsp3) is 0.0513. The molecule has 2 heterocycles. The Morgan fingerprint density at radius 1 is 0.451 bits per heavy atom. The molecule has 0 amide bonds. The number of hydrogen-bond acceptors (Lipinski definition) is 6. The minimum atomic E-state index is -3.57. The molecular formula is C39H33N2O6P2Y2-3. The van der Waals surface area contributed by atoms with Crippen molar-refractivity contribution in [2.24, 2.45) is 0 Å². The standard InChI is InChI=1S/2C19H15NO3P.CH3.2Y/c2*20-19(15-9-1-4-10-16(15)21)24(22)18-12-6-3-8-14(18)13-7-2-5-11-17(13)23-24;;;/h2*1-12,19-21H;1H3;;/q3*-1;;. The Labute approximate surface area is 348 Å². The van der Waals surface area contributed by atoms with Crippen molar-refractivity contribution in [1.82, 2.24) is 0 Å². The average Bonchev–Trinajstić information content (AvgIpc) is 3.12. The van der Waals surface area contributed by atoms with Crippen LogP contribution in [0.25, 0.3) is 33.7 Å². The van der Waals surface area contributed by atoms with E-state index < -0.39 is 26.3 Å². The van der Waals surface area contributed by atoms with E-state index in [-0.39, 0.29) is 84.3 Å². The summed E-state index contributed by atoms with van der Waals surface area (Å²) < 4.78 is 39.2. The Balaban J connectivity index is 0.000000216. The van der Waals surface area contributed by atoms with Crippen molar-refractivity contribution in [2.75, 3.05) is 0 Å². The number of phenolic OH excluding ortho intramolecular Hbond substituents is 2. The van der Waals surface area contributed by atoms with Crippen molar-refractivity contribution in [3.63, 3.8) is 0 Å². The second-order valence-corrected chi connectivity index (χ2v) is 16.1. The summed E-state index contributed by atoms with van der Waals surface area (Å²) in [5.41, 5.74) is 21.1. The van der Waals surface area contributed by atoms with Gasteiger partial charge in [-0.15, -0.1) is 0 Å². The number of phenols is 2. The van der Waals surface area contributed by atoms with E-state index in [0.29, 0.717) is 33.2 Å². The zero-order valence-corrected chi connectivity index (χ0v) is 35.1. The van der Waals surface area contributed by atoms with Crippen LogP contribution in [0.2, 0.25) is 0 Å². The first-order valence-electron chi connectivity index (χ1n) is 15.2. The molecule has 2 aliphatic rings. The van der Waals surface area contributed by atoms with Gasteiger partial charge in [0.2, 0.25) is 0 Å². The van der Waals surface area contributed by atoms with Gasteiger partial charge in [0.25, 0.3) is 14.7 Å². The third-order valence-electron chi connectivity index (χ3n) is 8.44. The SMILES string of the molecule is [CH3-].[NH-]C(c1ccccc1O)P1(=O)Oc2ccccc2-c2ccccc21.[NH-]C(c1ccccc1O)P1(=O)Oc2ccccc2-c2ccccc21.[Y].[Y]. The maximum absolute atomic E-state index is 13.8. The van der Waals surface area contributed by atoms with Crippen LogP contribution in [0.15, 0.2) is 146 Å². The predicted octanol–water partition coefficient (Wildman–Crippen LogP) is 10.7. The molecule has 0 saturated carbocycles. The summed E-state index contributed by atoms with van der Waals surface area (Å²) in [4.78, 5) is 0. The first-order valence-corrected chi connectivity index (χ1v) is 18.6. The monoisotopic (exact) mass is 865 g/mol. The minimum absolute atomic E-state index is 0. The molecule has 2 radical (unpaired) electrons. The molecule has 4 unspecified atom stereocenters. The van der Waals surface area contributed by atoms with Gasteiger partial charge in [-0.1, -0.05) is 109 Å². The molecule has 12 heteroatoms. The third-order valence-corrected chi connectivity index (χ3v) is 13.4. The number of rotatable bonds is 4. The Morgan fingerprint density at radius 3 is 1.12 bits per heavy atom. The molecule has 8 rings (SSSR count). The van der Waals surface area contributed by atoms with Crippen LogP contribution in [0.4, 0.5) is 0 Å². The molecule has 0 fully saturated rings.